The minimum absolute atomic E-state index is 0.0119. The molecule has 2 aromatic rings. The summed E-state index contributed by atoms with van der Waals surface area (Å²) < 4.78 is 0. The predicted octanol–water partition coefficient (Wildman–Crippen LogP) is -8.34. The van der Waals surface area contributed by atoms with E-state index in [1.165, 1.54) is 60.4 Å². The Balaban J connectivity index is 2.12. The summed E-state index contributed by atoms with van der Waals surface area (Å²) in [5, 5.41) is 107. The summed E-state index contributed by atoms with van der Waals surface area (Å²) in [6.45, 7) is 1.33. The molecule has 50 nitrogen and oxygen atoms in total. The Labute approximate surface area is 772 Å². The van der Waals surface area contributed by atoms with E-state index in [2.05, 4.69) is 95.7 Å². The number of amides is 15. The predicted molar refractivity (Wildman–Crippen MR) is 495 cm³/mol. The van der Waals surface area contributed by atoms with Gasteiger partial charge in [0.05, 0.1) is 12.1 Å². The Hall–Kier alpha value is -13.0. The third-order valence-electron chi connectivity index (χ3n) is 20.8. The zero-order valence-corrected chi connectivity index (χ0v) is 75.7. The summed E-state index contributed by atoms with van der Waals surface area (Å²) in [5.41, 5.74) is 51.8. The number of guanidine groups is 5. The number of nitrogens with zero attached hydrogens (tertiary/aromatic N) is 1. The molecule has 2 heterocycles. The van der Waals surface area contributed by atoms with Crippen LogP contribution < -0.4 is 147 Å². The molecule has 0 unspecified atom stereocenters. The van der Waals surface area contributed by atoms with Gasteiger partial charge >= 0.3 is 6.03 Å². The number of urea groups is 1. The van der Waals surface area contributed by atoms with Crippen molar-refractivity contribution < 1.29 is 82.1 Å². The van der Waals surface area contributed by atoms with Gasteiger partial charge in [0.25, 0.3) is 0 Å². The van der Waals surface area contributed by atoms with Gasteiger partial charge in [-0.1, -0.05) is 45.9 Å². The molecule has 52 heteroatoms. The van der Waals surface area contributed by atoms with E-state index in [1.807, 2.05) is 0 Å². The number of aldehydes is 1. The Bertz CT molecular complexity index is 4180. The number of aromatic hydroxyl groups is 2. The molecule has 2 aromatic carbocycles. The van der Waals surface area contributed by atoms with Crippen molar-refractivity contribution in [3.8, 4) is 11.5 Å². The van der Waals surface area contributed by atoms with Crippen molar-refractivity contribution in [2.75, 3.05) is 70.4 Å². The zero-order chi connectivity index (χ0) is 97.8. The highest BCUT2D eigenvalue weighted by molar-refractivity contribution is 8.76. The molecule has 0 spiro atoms. The number of phenolic OH excluding ortho intramolecular Hbond substituents is 2. The number of hydrogen-bond acceptors (Lipinski definition) is 27. The van der Waals surface area contributed by atoms with Crippen molar-refractivity contribution in [1.29, 1.82) is 27.0 Å². The summed E-state index contributed by atoms with van der Waals surface area (Å²) in [6, 6.07) is -11.7. The van der Waals surface area contributed by atoms with Gasteiger partial charge in [0, 0.05) is 70.2 Å². The van der Waals surface area contributed by atoms with E-state index in [-0.39, 0.29) is 198 Å². The van der Waals surface area contributed by atoms with E-state index in [0.717, 1.165) is 21.6 Å². The van der Waals surface area contributed by atoms with Crippen molar-refractivity contribution in [3.05, 3.63) is 59.7 Å². The summed E-state index contributed by atoms with van der Waals surface area (Å²) in [5.74, 6) is -16.3. The van der Waals surface area contributed by atoms with E-state index in [9.17, 15) is 34.2 Å². The molecule has 4 rings (SSSR count). The molecule has 0 aromatic heterocycles. The molecule has 43 N–H and O–H groups in total. The SMILES string of the molecule is C[C@H](N)C(=O)N[C@@H](CCCNC(=N)N)C(=O)N[C@@H](CCCNC(=N)N)C(=O)N[C@H]1CSSC[C@@H](C(=O)N[C@H](C=O)CCCNC(=N)N)NC(=O)[C@H](CCCNC(N)=O)NC(=O)[C@H](CCCNC(=N)N)NC(=O)[C@H](Cc2ccc(O)cc2)NC(=O)[C@@H]2CCCN2C(=O)[C@@H](CCCCN)NC(=O)[C@H](CCCCN)NC(=O)[C@H](CCCNC(=N)N)NC(=O)[C@H](Cc2ccc(O)cc2)NC1=O. The Morgan fingerprint density at radius 2 is 0.811 bits per heavy atom. The molecule has 14 atom stereocenters. The normalized spacial score (nSPS) is 20.9. The quantitative estimate of drug-likeness (QED) is 0.00963. The molecule has 0 aliphatic carbocycles. The number of carbonyl (C=O) groups is 15. The van der Waals surface area contributed by atoms with Crippen LogP contribution in [0.15, 0.2) is 48.5 Å². The van der Waals surface area contributed by atoms with Crippen LogP contribution in [0.5, 0.6) is 11.5 Å². The number of primary amides is 1. The van der Waals surface area contributed by atoms with Gasteiger partial charge in [-0.2, -0.15) is 0 Å². The summed E-state index contributed by atoms with van der Waals surface area (Å²) >= 11 is 0. The lowest BCUT2D eigenvalue weighted by Gasteiger charge is -2.31. The molecule has 2 aliphatic heterocycles. The van der Waals surface area contributed by atoms with Crippen LogP contribution in [0.4, 0.5) is 4.79 Å². The molecule has 2 fully saturated rings. The number of hydrogen-bond donors (Lipinski definition) is 34. The minimum Gasteiger partial charge on any atom is -0.508 e. The van der Waals surface area contributed by atoms with E-state index in [4.69, 9.17) is 78.6 Å². The van der Waals surface area contributed by atoms with Crippen molar-refractivity contribution in [1.82, 2.24) is 101 Å². The maximum Gasteiger partial charge on any atom is 0.312 e. The van der Waals surface area contributed by atoms with Gasteiger partial charge in [0.15, 0.2) is 29.8 Å². The Kier molecular flexibility index (Phi) is 51.3. The molecule has 15 amide bonds. The van der Waals surface area contributed by atoms with Crippen LogP contribution in [-0.4, -0.2) is 289 Å². The van der Waals surface area contributed by atoms with Crippen LogP contribution in [0.3, 0.4) is 0 Å². The van der Waals surface area contributed by atoms with Crippen molar-refractivity contribution >= 4 is 140 Å². The van der Waals surface area contributed by atoms with Crippen LogP contribution in [0.2, 0.25) is 0 Å². The maximum absolute atomic E-state index is 15.7. The van der Waals surface area contributed by atoms with Gasteiger partial charge in [-0.05, 0) is 184 Å². The molecule has 0 bridgehead atoms. The fraction of sp³-hybridized carbons (Fsp3) is 0.600. The van der Waals surface area contributed by atoms with Crippen LogP contribution in [0, 0.1) is 27.0 Å². The molecule has 0 saturated carbocycles. The van der Waals surface area contributed by atoms with Gasteiger partial charge in [-0.25, -0.2) is 4.79 Å². The highest BCUT2D eigenvalue weighted by atomic mass is 33.1. The van der Waals surface area contributed by atoms with Crippen molar-refractivity contribution in [2.45, 2.75) is 233 Å². The van der Waals surface area contributed by atoms with Crippen molar-refractivity contribution in [2.24, 2.45) is 51.6 Å². The highest BCUT2D eigenvalue weighted by Gasteiger charge is 2.42. The van der Waals surface area contributed by atoms with E-state index >= 15 is 47.9 Å². The Morgan fingerprint density at radius 3 is 1.23 bits per heavy atom. The number of unbranched alkanes of at least 4 members (excludes halogenated alkanes) is 2. The van der Waals surface area contributed by atoms with Crippen LogP contribution in [-0.2, 0) is 80.0 Å². The molecule has 734 valence electrons. The van der Waals surface area contributed by atoms with Gasteiger partial charge in [0.1, 0.15) is 90.3 Å². The smallest absolute Gasteiger partial charge is 0.312 e. The first-order valence-electron chi connectivity index (χ1n) is 43.6. The first kappa shape index (κ1) is 111. The first-order valence-corrected chi connectivity index (χ1v) is 46.1. The third-order valence-corrected chi connectivity index (χ3v) is 23.2. The molecule has 132 heavy (non-hydrogen) atoms. The maximum atomic E-state index is 15.7. The molecule has 2 saturated heterocycles. The summed E-state index contributed by atoms with van der Waals surface area (Å²) in [4.78, 5) is 222. The second kappa shape index (κ2) is 60.8. The number of benzene rings is 2. The summed E-state index contributed by atoms with van der Waals surface area (Å²) in [7, 11) is 1.55. The second-order valence-corrected chi connectivity index (χ2v) is 34.2. The zero-order valence-electron chi connectivity index (χ0n) is 74.1. The van der Waals surface area contributed by atoms with Crippen molar-refractivity contribution in [3.63, 3.8) is 0 Å². The number of nitrogens with two attached hydrogens (primary N) is 9. The molecule has 0 radical (unpaired) electrons. The number of fused-ring (bicyclic) bond motifs is 1. The van der Waals surface area contributed by atoms with E-state index < -0.39 is 215 Å². The number of phenols is 2. The standard InChI is InChI=1S/C80H135N33O17S2/c1-44(83)62(117)102-51(16-7-33-96-76(86)87)63(118)104-54(19-10-36-99-79(92)93)68(123)112-60-43-132-131-42-59(71(126)101-47(41-114)13-6-32-95-75(84)85)111-67(122)55(20-11-37-100-80(94)130)105-65(120)53(18-9-35-98-78(90)91)107-70(125)58(40-46-24-28-49(116)29-25-46)110-73(128)61-21-12-38-113(61)74(129)56(15-3-5-31-82)108-66(121)50(14-2-4-30-81)103-64(119)52(17-8-34-97-77(88)89)106-69(124)57(109-72(60)127)39-45-22-26-48(115)27-23-45/h22-29,41,44,47,50-61,115-116H,2-21,30-40,42-43,81-83H2,1H3,(H,101,126)(H,102,117)(H,103,119)(H,104,118)(H,105,120)(H,106,124)(H,107,125)(H,108,121)(H,109,127)(H,110,128)(H,111,122)(H,112,123)(H4,84,85,95)(H4,86,87,96)(H4,88,89,97)(H4,90,91,98)(H4,92,93,99)(H3,94,100,130)/t44-,47-,50-,51-,52-,53-,54-,55-,56+,57-,58-,59-,60-,61-/m0/s1. The number of carbonyl (C=O) groups excluding carboxylic acids is 15. The average molecular weight is 1900 g/mol. The van der Waals surface area contributed by atoms with Gasteiger partial charge in [-0.3, -0.25) is 89.4 Å². The second-order valence-electron chi connectivity index (χ2n) is 31.6. The lowest BCUT2D eigenvalue weighted by molar-refractivity contribution is -0.142. The molecule has 2 aliphatic rings. The highest BCUT2D eigenvalue weighted by Crippen LogP contribution is 2.26. The van der Waals surface area contributed by atoms with Gasteiger partial charge in [-0.15, -0.1) is 0 Å². The van der Waals surface area contributed by atoms with E-state index in [0.29, 0.717) is 24.7 Å². The first-order chi connectivity index (χ1) is 62.8. The average Bonchev–Trinajstić information content (AvgIpc) is 1.61. The largest absolute Gasteiger partial charge is 0.508 e. The fourth-order valence-electron chi connectivity index (χ4n) is 13.8. The topological polar surface area (TPSA) is 870 Å². The van der Waals surface area contributed by atoms with Gasteiger partial charge in [0.2, 0.25) is 76.8 Å². The third kappa shape index (κ3) is 43.6. The molecular weight excluding hydrogens is 1760 g/mol. The summed E-state index contributed by atoms with van der Waals surface area (Å²) in [6.07, 6.45) is -0.428. The molecular formula is C80H135N33O17S2. The lowest BCUT2D eigenvalue weighted by atomic mass is 10.0. The number of nitrogens with one attached hydrogen (secondary N) is 23. The van der Waals surface area contributed by atoms with Crippen LogP contribution in [0.1, 0.15) is 146 Å². The Morgan fingerprint density at radius 1 is 0.447 bits per heavy atom. The number of rotatable bonds is 45. The van der Waals surface area contributed by atoms with E-state index in [1.54, 1.807) is 0 Å². The minimum atomic E-state index is -1.85. The van der Waals surface area contributed by atoms with Crippen LogP contribution >= 0.6 is 21.6 Å². The fourth-order valence-corrected chi connectivity index (χ4v) is 16.1. The van der Waals surface area contributed by atoms with Crippen LogP contribution in [0.25, 0.3) is 0 Å². The monoisotopic (exact) mass is 1890 g/mol. The van der Waals surface area contributed by atoms with Gasteiger partial charge < -0.3 is 167 Å². The lowest BCUT2D eigenvalue weighted by Crippen LogP contribution is -2.61.